The first-order valence-electron chi connectivity index (χ1n) is 23.3. The van der Waals surface area contributed by atoms with Crippen molar-refractivity contribution >= 4 is 98.8 Å². The molecule has 13 aromatic rings. The molecule has 0 unspecified atom stereocenters. The van der Waals surface area contributed by atoms with Gasteiger partial charge in [-0.05, 0) is 154 Å². The molecule has 0 radical (unpaired) electrons. The van der Waals surface area contributed by atoms with Crippen LogP contribution in [0.15, 0.2) is 255 Å². The lowest BCUT2D eigenvalue weighted by atomic mass is 9.93. The first-order valence-corrected chi connectivity index (χ1v) is 23.3. The second kappa shape index (κ2) is 16.4. The van der Waals surface area contributed by atoms with Crippen LogP contribution in [-0.2, 0) is 0 Å². The topological polar surface area (TPSA) is 6.48 Å². The molecule has 0 atom stereocenters. The maximum atomic E-state index is 3.70. The normalized spacial score (nSPS) is 11.4. The number of benzene rings is 12. The molecular weight excluding hydrogens is 821 g/mol. The first-order chi connectivity index (χ1) is 33.7. The fourth-order valence-electron chi connectivity index (χ4n) is 10.5. The molecule has 13 rings (SSSR count). The van der Waals surface area contributed by atoms with E-state index in [0.717, 1.165) is 45.3 Å². The van der Waals surface area contributed by atoms with Gasteiger partial charge in [-0.2, -0.15) is 0 Å². The summed E-state index contributed by atoms with van der Waals surface area (Å²) in [4.78, 5) is 4.76. The van der Waals surface area contributed by atoms with E-state index in [9.17, 15) is 0 Å². The monoisotopic (exact) mass is 862 g/mol. The van der Waals surface area contributed by atoms with Crippen LogP contribution >= 0.6 is 0 Å². The van der Waals surface area contributed by atoms with E-state index in [-0.39, 0.29) is 0 Å². The van der Waals surface area contributed by atoms with Crippen molar-refractivity contribution in [3.8, 4) is 22.3 Å². The van der Waals surface area contributed by atoms with Crippen LogP contribution in [0.2, 0.25) is 0 Å². The molecular formula is C66H42N2. The van der Waals surface area contributed by atoms with Crippen LogP contribution in [0.1, 0.15) is 0 Å². The Kier molecular flexibility index (Phi) is 9.44. The summed E-state index contributed by atoms with van der Waals surface area (Å²) in [5.74, 6) is 0. The lowest BCUT2D eigenvalue weighted by Crippen LogP contribution is -2.16. The number of hydrogen-bond donors (Lipinski definition) is 0. The lowest BCUT2D eigenvalue weighted by molar-refractivity contribution is 1.23. The molecule has 0 aliphatic carbocycles. The predicted molar refractivity (Wildman–Crippen MR) is 289 cm³/mol. The third kappa shape index (κ3) is 6.60. The molecule has 0 saturated carbocycles. The van der Waals surface area contributed by atoms with Crippen LogP contribution in [-0.4, -0.2) is 0 Å². The molecule has 13 aromatic carbocycles. The number of anilines is 6. The summed E-state index contributed by atoms with van der Waals surface area (Å²) < 4.78 is 0. The molecule has 0 fully saturated rings. The van der Waals surface area contributed by atoms with Crippen molar-refractivity contribution in [2.24, 2.45) is 0 Å². The second-order valence-corrected chi connectivity index (χ2v) is 17.5. The van der Waals surface area contributed by atoms with E-state index in [2.05, 4.69) is 271 Å². The van der Waals surface area contributed by atoms with E-state index < -0.39 is 0 Å². The van der Waals surface area contributed by atoms with Gasteiger partial charge in [-0.25, -0.2) is 0 Å². The van der Waals surface area contributed by atoms with Crippen LogP contribution in [0, 0.1) is 12.1 Å². The van der Waals surface area contributed by atoms with Crippen LogP contribution < -0.4 is 9.80 Å². The molecule has 68 heavy (non-hydrogen) atoms. The highest BCUT2D eigenvalue weighted by atomic mass is 15.2. The third-order valence-corrected chi connectivity index (χ3v) is 13.7. The zero-order valence-electron chi connectivity index (χ0n) is 37.1. The van der Waals surface area contributed by atoms with E-state index in [1.807, 2.05) is 6.07 Å². The van der Waals surface area contributed by atoms with Crippen molar-refractivity contribution in [2.45, 2.75) is 0 Å². The van der Waals surface area contributed by atoms with E-state index in [1.165, 1.54) is 75.8 Å². The number of rotatable bonds is 8. The van der Waals surface area contributed by atoms with E-state index >= 15 is 0 Å². The highest BCUT2D eigenvalue weighted by Crippen LogP contribution is 2.48. The molecule has 316 valence electrons. The molecule has 0 aliphatic heterocycles. The van der Waals surface area contributed by atoms with Crippen molar-refractivity contribution in [2.75, 3.05) is 9.80 Å². The summed E-state index contributed by atoms with van der Waals surface area (Å²) in [5, 5.41) is 14.8. The molecule has 0 saturated heterocycles. The smallest absolute Gasteiger partial charge is 0.122 e. The SMILES string of the molecule is c1ccc(N(c2ccc(-c3ccccc3)cc2)c2ccc3c4ccccc4c4ccccc4c3c2)c(N(c2ccc(-c3ccccc3)cc2)c2ccc3c4ccccc4c4ccccc4c3c2)c#1. The van der Waals surface area contributed by atoms with Crippen molar-refractivity contribution in [3.63, 3.8) is 0 Å². The number of fused-ring (bicyclic) bond motifs is 12. The van der Waals surface area contributed by atoms with Gasteiger partial charge in [0.1, 0.15) is 5.69 Å². The molecule has 2 nitrogen and oxygen atoms in total. The Bertz CT molecular complexity index is 3670. The largest absolute Gasteiger partial charge is 0.308 e. The molecule has 2 heteroatoms. The van der Waals surface area contributed by atoms with Crippen molar-refractivity contribution in [1.29, 1.82) is 0 Å². The molecule has 0 amide bonds. The van der Waals surface area contributed by atoms with E-state index in [0.29, 0.717) is 0 Å². The van der Waals surface area contributed by atoms with Crippen molar-refractivity contribution in [1.82, 2.24) is 0 Å². The summed E-state index contributed by atoms with van der Waals surface area (Å²) in [6.07, 6.45) is 0. The highest BCUT2D eigenvalue weighted by Gasteiger charge is 2.24. The van der Waals surface area contributed by atoms with E-state index in [1.54, 1.807) is 0 Å². The second-order valence-electron chi connectivity index (χ2n) is 17.5. The van der Waals surface area contributed by atoms with Gasteiger partial charge in [0.15, 0.2) is 0 Å². The molecule has 0 heterocycles. The molecule has 0 N–H and O–H groups in total. The summed E-state index contributed by atoms with van der Waals surface area (Å²) >= 11 is 0. The average molecular weight is 863 g/mol. The zero-order chi connectivity index (χ0) is 45.0. The summed E-state index contributed by atoms with van der Waals surface area (Å²) in [6, 6.07) is 99.5. The standard InChI is InChI=1S/C66H42N2/c1-3-17-45(18-4-1)47-31-35-49(36-32-47)67(51-39-41-61-57-25-9-7-21-53(57)55-23-11-13-27-59(55)63(61)43-51)65-29-15-16-30-66(65)68(50-37-33-48(34-38-50)46-19-5-2-6-20-46)52-40-42-62-58-26-10-8-22-54(58)56-24-12-14-28-60(56)64(62)44-52/h1-15,17-29,31-44H. The Hall–Kier alpha value is -9.16. The van der Waals surface area contributed by atoms with Gasteiger partial charge in [0.2, 0.25) is 0 Å². The molecule has 0 bridgehead atoms. The lowest BCUT2D eigenvalue weighted by Gasteiger charge is -2.32. The highest BCUT2D eigenvalue weighted by molar-refractivity contribution is 6.27. The molecule has 0 aliphatic rings. The summed E-state index contributed by atoms with van der Waals surface area (Å²) in [7, 11) is 0. The van der Waals surface area contributed by atoms with Gasteiger partial charge >= 0.3 is 0 Å². The van der Waals surface area contributed by atoms with Crippen molar-refractivity contribution < 1.29 is 0 Å². The van der Waals surface area contributed by atoms with Crippen LogP contribution in [0.5, 0.6) is 0 Å². The van der Waals surface area contributed by atoms with Gasteiger partial charge in [0.05, 0.1) is 5.69 Å². The van der Waals surface area contributed by atoms with Gasteiger partial charge in [-0.3, -0.25) is 0 Å². The molecule has 0 spiro atoms. The third-order valence-electron chi connectivity index (χ3n) is 13.7. The van der Waals surface area contributed by atoms with Gasteiger partial charge in [0.25, 0.3) is 0 Å². The first kappa shape index (κ1) is 39.2. The van der Waals surface area contributed by atoms with Gasteiger partial charge in [0, 0.05) is 22.7 Å². The van der Waals surface area contributed by atoms with Crippen molar-refractivity contribution in [3.05, 3.63) is 267 Å². The quantitative estimate of drug-likeness (QED) is 0.140. The fourth-order valence-corrected chi connectivity index (χ4v) is 10.5. The maximum absolute atomic E-state index is 3.70. The average Bonchev–Trinajstić information content (AvgIpc) is 3.42. The van der Waals surface area contributed by atoms with Gasteiger partial charge in [-0.15, -0.1) is 0 Å². The van der Waals surface area contributed by atoms with Crippen LogP contribution in [0.4, 0.5) is 34.1 Å². The number of hydrogen-bond acceptors (Lipinski definition) is 2. The van der Waals surface area contributed by atoms with Gasteiger partial charge in [-0.1, -0.05) is 200 Å². The van der Waals surface area contributed by atoms with Crippen LogP contribution in [0.25, 0.3) is 86.9 Å². The van der Waals surface area contributed by atoms with Crippen LogP contribution in [0.3, 0.4) is 0 Å². The fraction of sp³-hybridized carbons (Fsp3) is 0. The minimum atomic E-state index is 0.875. The minimum Gasteiger partial charge on any atom is -0.308 e. The minimum absolute atomic E-state index is 0.875. The zero-order valence-corrected chi connectivity index (χ0v) is 37.1. The van der Waals surface area contributed by atoms with Gasteiger partial charge < -0.3 is 9.80 Å². The predicted octanol–water partition coefficient (Wildman–Crippen LogP) is 18.5. The maximum Gasteiger partial charge on any atom is 0.122 e. The van der Waals surface area contributed by atoms with E-state index in [4.69, 9.17) is 0 Å². The Morgan fingerprint density at radius 3 is 0.956 bits per heavy atom. The Balaban J connectivity index is 1.06. The Morgan fingerprint density at radius 1 is 0.235 bits per heavy atom. The Morgan fingerprint density at radius 2 is 0.544 bits per heavy atom. The summed E-state index contributed by atoms with van der Waals surface area (Å²) in [6.45, 7) is 0. The summed E-state index contributed by atoms with van der Waals surface area (Å²) in [5.41, 5.74) is 10.6. The Labute approximate surface area is 395 Å². The molecule has 0 aromatic heterocycles. The number of nitrogens with zero attached hydrogens (tertiary/aromatic N) is 2.